The molecular formula is C12H12FN3OS2. The lowest BCUT2D eigenvalue weighted by atomic mass is 10.3. The van der Waals surface area contributed by atoms with E-state index in [0.717, 1.165) is 0 Å². The third-order valence-electron chi connectivity index (χ3n) is 2.37. The number of halogens is 1. The quantitative estimate of drug-likeness (QED) is 0.856. The van der Waals surface area contributed by atoms with Gasteiger partial charge in [-0.05, 0) is 26.0 Å². The summed E-state index contributed by atoms with van der Waals surface area (Å²) in [5.74, 6) is -0.257. The predicted octanol–water partition coefficient (Wildman–Crippen LogP) is 3.49. The topological polar surface area (TPSA) is 54.9 Å². The van der Waals surface area contributed by atoms with Gasteiger partial charge in [0.1, 0.15) is 11.6 Å². The molecule has 2 rings (SSSR count). The molecule has 0 radical (unpaired) electrons. The van der Waals surface area contributed by atoms with Crippen molar-refractivity contribution in [1.29, 1.82) is 0 Å². The molecule has 0 aliphatic heterocycles. The second kappa shape index (κ2) is 6.12. The van der Waals surface area contributed by atoms with Crippen LogP contribution in [0.5, 0.6) is 0 Å². The fraction of sp³-hybridized carbons (Fsp3) is 0.250. The van der Waals surface area contributed by atoms with Crippen LogP contribution in [-0.2, 0) is 4.79 Å². The van der Waals surface area contributed by atoms with Gasteiger partial charge in [0.25, 0.3) is 0 Å². The predicted molar refractivity (Wildman–Crippen MR) is 75.6 cm³/mol. The van der Waals surface area contributed by atoms with Crippen molar-refractivity contribution in [2.75, 3.05) is 5.32 Å². The first-order chi connectivity index (χ1) is 9.06. The fourth-order valence-electron chi connectivity index (χ4n) is 1.22. The number of hydrogen-bond donors (Lipinski definition) is 1. The minimum absolute atomic E-state index is 0.0869. The fourth-order valence-corrected chi connectivity index (χ4v) is 3.13. The van der Waals surface area contributed by atoms with E-state index >= 15 is 0 Å². The van der Waals surface area contributed by atoms with Crippen molar-refractivity contribution in [2.24, 2.45) is 0 Å². The molecule has 0 unspecified atom stereocenters. The van der Waals surface area contributed by atoms with Crippen molar-refractivity contribution in [2.45, 2.75) is 23.4 Å². The number of ketones is 1. The Labute approximate surface area is 118 Å². The van der Waals surface area contributed by atoms with Crippen LogP contribution in [0.4, 0.5) is 15.2 Å². The number of hydrogen-bond acceptors (Lipinski definition) is 6. The highest BCUT2D eigenvalue weighted by atomic mass is 32.2. The summed E-state index contributed by atoms with van der Waals surface area (Å²) in [6.07, 6.45) is 0. The highest BCUT2D eigenvalue weighted by Gasteiger charge is 2.13. The van der Waals surface area contributed by atoms with Crippen LogP contribution >= 0.6 is 23.1 Å². The second-order valence-electron chi connectivity index (χ2n) is 3.85. The van der Waals surface area contributed by atoms with Gasteiger partial charge in [-0.1, -0.05) is 35.2 Å². The minimum atomic E-state index is -0.344. The Balaban J connectivity index is 2.06. The van der Waals surface area contributed by atoms with E-state index in [-0.39, 0.29) is 16.9 Å². The van der Waals surface area contributed by atoms with Crippen LogP contribution in [-0.4, -0.2) is 21.2 Å². The number of rotatable bonds is 5. The minimum Gasteiger partial charge on any atom is -0.328 e. The van der Waals surface area contributed by atoms with E-state index in [0.29, 0.717) is 15.2 Å². The number of para-hydroxylation sites is 1. The second-order valence-corrected chi connectivity index (χ2v) is 6.41. The third-order valence-corrected chi connectivity index (χ3v) is 4.51. The maximum atomic E-state index is 13.4. The molecule has 0 saturated carbocycles. The van der Waals surface area contributed by atoms with Gasteiger partial charge in [-0.3, -0.25) is 4.79 Å². The summed E-state index contributed by atoms with van der Waals surface area (Å²) in [4.78, 5) is 11.2. The highest BCUT2D eigenvalue weighted by Crippen LogP contribution is 2.30. The van der Waals surface area contributed by atoms with Crippen LogP contribution in [0.1, 0.15) is 13.8 Å². The van der Waals surface area contributed by atoms with Crippen LogP contribution in [0.25, 0.3) is 0 Å². The van der Waals surface area contributed by atoms with Gasteiger partial charge < -0.3 is 5.32 Å². The zero-order valence-corrected chi connectivity index (χ0v) is 12.0. The monoisotopic (exact) mass is 297 g/mol. The molecule has 0 aliphatic carbocycles. The van der Waals surface area contributed by atoms with Gasteiger partial charge in [0.05, 0.1) is 10.9 Å². The average molecular weight is 297 g/mol. The highest BCUT2D eigenvalue weighted by molar-refractivity contribution is 8.02. The lowest BCUT2D eigenvalue weighted by Gasteiger charge is -2.03. The largest absolute Gasteiger partial charge is 0.328 e. The SMILES string of the molecule is CC(=O)[C@H](C)Sc1nnc(Nc2ccccc2F)s1. The average Bonchev–Trinajstić information content (AvgIpc) is 2.79. The van der Waals surface area contributed by atoms with Gasteiger partial charge in [-0.2, -0.15) is 0 Å². The molecule has 1 heterocycles. The van der Waals surface area contributed by atoms with Crippen LogP contribution in [0, 0.1) is 5.82 Å². The zero-order valence-electron chi connectivity index (χ0n) is 10.4. The molecule has 0 spiro atoms. The van der Waals surface area contributed by atoms with Gasteiger partial charge in [0, 0.05) is 0 Å². The smallest absolute Gasteiger partial charge is 0.210 e. The van der Waals surface area contributed by atoms with Crippen LogP contribution in [0.3, 0.4) is 0 Å². The molecule has 0 aliphatic rings. The maximum absolute atomic E-state index is 13.4. The molecule has 1 aromatic heterocycles. The molecule has 0 fully saturated rings. The van der Waals surface area contributed by atoms with E-state index in [1.807, 2.05) is 6.92 Å². The zero-order chi connectivity index (χ0) is 13.8. The standard InChI is InChI=1S/C12H12FN3OS2/c1-7(17)8(2)18-12-16-15-11(19-12)14-10-6-4-3-5-9(10)13/h3-6,8H,1-2H3,(H,14,15)/t8-/m0/s1. The van der Waals surface area contributed by atoms with Gasteiger partial charge in [-0.25, -0.2) is 4.39 Å². The molecule has 19 heavy (non-hydrogen) atoms. The Kier molecular flexibility index (Phi) is 4.49. The number of aromatic nitrogens is 2. The van der Waals surface area contributed by atoms with Crippen molar-refractivity contribution in [3.8, 4) is 0 Å². The molecule has 1 aromatic carbocycles. The Morgan fingerprint density at radius 2 is 2.16 bits per heavy atom. The lowest BCUT2D eigenvalue weighted by Crippen LogP contribution is -2.07. The summed E-state index contributed by atoms with van der Waals surface area (Å²) in [6.45, 7) is 3.36. The van der Waals surface area contributed by atoms with E-state index in [2.05, 4.69) is 15.5 Å². The number of carbonyl (C=O) groups is 1. The van der Waals surface area contributed by atoms with E-state index in [1.165, 1.54) is 36.1 Å². The van der Waals surface area contributed by atoms with Crippen LogP contribution in [0.2, 0.25) is 0 Å². The van der Waals surface area contributed by atoms with Crippen molar-refractivity contribution >= 4 is 39.7 Å². The van der Waals surface area contributed by atoms with Gasteiger partial charge in [0.15, 0.2) is 4.34 Å². The van der Waals surface area contributed by atoms with Crippen molar-refractivity contribution in [1.82, 2.24) is 10.2 Å². The van der Waals surface area contributed by atoms with Gasteiger partial charge in [0.2, 0.25) is 5.13 Å². The first-order valence-corrected chi connectivity index (χ1v) is 7.28. The van der Waals surface area contributed by atoms with Crippen LogP contribution in [0.15, 0.2) is 28.6 Å². The summed E-state index contributed by atoms with van der Waals surface area (Å²) in [6, 6.07) is 6.36. The Bertz CT molecular complexity index is 588. The number of benzene rings is 1. The molecule has 1 atom stereocenters. The van der Waals surface area contributed by atoms with Gasteiger partial charge in [-0.15, -0.1) is 10.2 Å². The van der Waals surface area contributed by atoms with Crippen LogP contribution < -0.4 is 5.32 Å². The lowest BCUT2D eigenvalue weighted by molar-refractivity contribution is -0.116. The number of carbonyl (C=O) groups excluding carboxylic acids is 1. The molecular weight excluding hydrogens is 285 g/mol. The Hall–Kier alpha value is -1.47. The first-order valence-electron chi connectivity index (χ1n) is 5.58. The van der Waals surface area contributed by atoms with Crippen molar-refractivity contribution in [3.05, 3.63) is 30.1 Å². The summed E-state index contributed by atoms with van der Waals surface area (Å²) >= 11 is 2.64. The summed E-state index contributed by atoms with van der Waals surface area (Å²) < 4.78 is 14.1. The van der Waals surface area contributed by atoms with E-state index < -0.39 is 0 Å². The molecule has 7 heteroatoms. The number of nitrogens with one attached hydrogen (secondary N) is 1. The summed E-state index contributed by atoms with van der Waals surface area (Å²) in [5.41, 5.74) is 0.356. The summed E-state index contributed by atoms with van der Waals surface area (Å²) in [7, 11) is 0. The molecule has 0 saturated heterocycles. The number of nitrogens with zero attached hydrogens (tertiary/aromatic N) is 2. The van der Waals surface area contributed by atoms with E-state index in [4.69, 9.17) is 0 Å². The third kappa shape index (κ3) is 3.74. The number of thioether (sulfide) groups is 1. The Morgan fingerprint density at radius 1 is 1.42 bits per heavy atom. The molecule has 4 nitrogen and oxygen atoms in total. The molecule has 1 N–H and O–H groups in total. The van der Waals surface area contributed by atoms with Crippen molar-refractivity contribution < 1.29 is 9.18 Å². The molecule has 100 valence electrons. The maximum Gasteiger partial charge on any atom is 0.210 e. The van der Waals surface area contributed by atoms with E-state index in [9.17, 15) is 9.18 Å². The Morgan fingerprint density at radius 3 is 2.84 bits per heavy atom. The molecule has 0 bridgehead atoms. The summed E-state index contributed by atoms with van der Waals surface area (Å²) in [5, 5.41) is 11.1. The molecule has 2 aromatic rings. The van der Waals surface area contributed by atoms with E-state index in [1.54, 1.807) is 18.2 Å². The molecule has 0 amide bonds. The van der Waals surface area contributed by atoms with Gasteiger partial charge >= 0.3 is 0 Å². The van der Waals surface area contributed by atoms with Crippen molar-refractivity contribution in [3.63, 3.8) is 0 Å². The first kappa shape index (κ1) is 14.0. The number of Topliss-reactive ketones (excluding diaryl/α,β-unsaturated/α-hetero) is 1. The number of anilines is 2. The normalized spacial score (nSPS) is 12.2.